The van der Waals surface area contributed by atoms with Gasteiger partial charge in [0.25, 0.3) is 0 Å². The minimum atomic E-state index is -3.38. The molecule has 0 bridgehead atoms. The molecule has 1 heterocycles. The van der Waals surface area contributed by atoms with Gasteiger partial charge in [0, 0.05) is 6.42 Å². The lowest BCUT2D eigenvalue weighted by Crippen LogP contribution is -2.13. The molecule has 2 aromatic rings. The average molecular weight is 339 g/mol. The summed E-state index contributed by atoms with van der Waals surface area (Å²) in [5.74, 6) is -0.463. The summed E-state index contributed by atoms with van der Waals surface area (Å²) >= 11 is 1.57. The standard InChI is InChI=1S/C15H17NO4S2/c1-2-22(19,20)12-4-5-14(17)13(9-12)16-15(18)6-3-11-7-8-21-10-11/h4-5,7-10,17H,2-3,6H2,1H3,(H,16,18). The number of amides is 1. The van der Waals surface area contributed by atoms with Crippen molar-refractivity contribution in [3.05, 3.63) is 40.6 Å². The molecule has 0 unspecified atom stereocenters. The molecule has 1 aromatic heterocycles. The molecule has 7 heteroatoms. The lowest BCUT2D eigenvalue weighted by Gasteiger charge is -2.09. The number of phenols is 1. The number of carbonyl (C=O) groups is 1. The molecule has 5 nitrogen and oxygen atoms in total. The Morgan fingerprint density at radius 3 is 2.73 bits per heavy atom. The van der Waals surface area contributed by atoms with Crippen molar-refractivity contribution in [1.82, 2.24) is 0 Å². The van der Waals surface area contributed by atoms with E-state index in [1.807, 2.05) is 16.8 Å². The minimum absolute atomic E-state index is 0.0384. The fourth-order valence-electron chi connectivity index (χ4n) is 1.88. The van der Waals surface area contributed by atoms with Crippen LogP contribution in [0.25, 0.3) is 0 Å². The van der Waals surface area contributed by atoms with Gasteiger partial charge in [-0.15, -0.1) is 0 Å². The third kappa shape index (κ3) is 4.08. The van der Waals surface area contributed by atoms with E-state index in [-0.39, 0.29) is 34.4 Å². The van der Waals surface area contributed by atoms with E-state index in [1.165, 1.54) is 18.2 Å². The molecule has 0 saturated heterocycles. The van der Waals surface area contributed by atoms with Crippen molar-refractivity contribution in [2.45, 2.75) is 24.7 Å². The van der Waals surface area contributed by atoms with Gasteiger partial charge in [-0.2, -0.15) is 11.3 Å². The van der Waals surface area contributed by atoms with Crippen LogP contribution in [0.4, 0.5) is 5.69 Å². The first-order chi connectivity index (χ1) is 10.4. The molecule has 2 rings (SSSR count). The Morgan fingerprint density at radius 2 is 2.09 bits per heavy atom. The van der Waals surface area contributed by atoms with Crippen LogP contribution in [-0.4, -0.2) is 25.2 Å². The molecule has 0 aliphatic carbocycles. The van der Waals surface area contributed by atoms with Crippen molar-refractivity contribution in [3.63, 3.8) is 0 Å². The summed E-state index contributed by atoms with van der Waals surface area (Å²) in [6, 6.07) is 5.84. The van der Waals surface area contributed by atoms with Gasteiger partial charge >= 0.3 is 0 Å². The number of sulfone groups is 1. The maximum atomic E-state index is 11.9. The monoisotopic (exact) mass is 339 g/mol. The van der Waals surface area contributed by atoms with Gasteiger partial charge in [-0.05, 0) is 47.0 Å². The Hall–Kier alpha value is -1.86. The first-order valence-corrected chi connectivity index (χ1v) is 9.38. The third-order valence-corrected chi connectivity index (χ3v) is 5.67. The number of hydrogen-bond donors (Lipinski definition) is 2. The number of nitrogens with one attached hydrogen (secondary N) is 1. The van der Waals surface area contributed by atoms with Crippen LogP contribution in [0.15, 0.2) is 39.9 Å². The molecule has 0 atom stereocenters. The van der Waals surface area contributed by atoms with E-state index >= 15 is 0 Å². The number of benzene rings is 1. The topological polar surface area (TPSA) is 83.5 Å². The molecule has 0 aliphatic rings. The molecule has 1 aromatic carbocycles. The van der Waals surface area contributed by atoms with Gasteiger partial charge in [0.05, 0.1) is 16.3 Å². The van der Waals surface area contributed by atoms with E-state index < -0.39 is 9.84 Å². The lowest BCUT2D eigenvalue weighted by molar-refractivity contribution is -0.116. The van der Waals surface area contributed by atoms with Crippen molar-refractivity contribution in [3.8, 4) is 5.75 Å². The Balaban J connectivity index is 2.08. The molecule has 22 heavy (non-hydrogen) atoms. The zero-order chi connectivity index (χ0) is 16.2. The second-order valence-corrected chi connectivity index (χ2v) is 7.82. The van der Waals surface area contributed by atoms with Crippen LogP contribution in [0.2, 0.25) is 0 Å². The van der Waals surface area contributed by atoms with E-state index in [4.69, 9.17) is 0 Å². The predicted octanol–water partition coefficient (Wildman–Crippen LogP) is 2.82. The number of hydrogen-bond acceptors (Lipinski definition) is 5. The fourth-order valence-corrected chi connectivity index (χ4v) is 3.49. The quantitative estimate of drug-likeness (QED) is 0.793. The summed E-state index contributed by atoms with van der Waals surface area (Å²) in [6.45, 7) is 1.54. The first kappa shape index (κ1) is 16.5. The fraction of sp³-hybridized carbons (Fsp3) is 0.267. The van der Waals surface area contributed by atoms with Gasteiger partial charge in [0.15, 0.2) is 9.84 Å². The summed E-state index contributed by atoms with van der Waals surface area (Å²) < 4.78 is 23.7. The van der Waals surface area contributed by atoms with E-state index in [0.29, 0.717) is 6.42 Å². The Bertz CT molecular complexity index is 752. The molecular weight excluding hydrogens is 322 g/mol. The maximum Gasteiger partial charge on any atom is 0.224 e. The van der Waals surface area contributed by atoms with Crippen LogP contribution in [0, 0.1) is 0 Å². The van der Waals surface area contributed by atoms with Gasteiger partial charge in [-0.3, -0.25) is 4.79 Å². The summed E-state index contributed by atoms with van der Waals surface area (Å²) in [6.07, 6.45) is 0.865. The Kier molecular flexibility index (Phi) is 5.20. The molecule has 2 N–H and O–H groups in total. The van der Waals surface area contributed by atoms with Crippen molar-refractivity contribution in [2.75, 3.05) is 11.1 Å². The van der Waals surface area contributed by atoms with Gasteiger partial charge in [-0.25, -0.2) is 8.42 Å². The van der Waals surface area contributed by atoms with E-state index in [0.717, 1.165) is 5.56 Å². The molecule has 0 radical (unpaired) electrons. The summed E-state index contributed by atoms with van der Waals surface area (Å²) in [5, 5.41) is 16.2. The summed E-state index contributed by atoms with van der Waals surface area (Å²) in [7, 11) is -3.38. The maximum absolute atomic E-state index is 11.9. The van der Waals surface area contributed by atoms with Crippen molar-refractivity contribution in [2.24, 2.45) is 0 Å². The highest BCUT2D eigenvalue weighted by Gasteiger charge is 2.15. The Labute approximate surface area is 133 Å². The highest BCUT2D eigenvalue weighted by molar-refractivity contribution is 7.91. The molecule has 0 spiro atoms. The van der Waals surface area contributed by atoms with Gasteiger partial charge in [0.1, 0.15) is 5.75 Å². The SMILES string of the molecule is CCS(=O)(=O)c1ccc(O)c(NC(=O)CCc2ccsc2)c1. The molecular formula is C15H17NO4S2. The normalized spacial score (nSPS) is 11.3. The van der Waals surface area contributed by atoms with Crippen molar-refractivity contribution in [1.29, 1.82) is 0 Å². The van der Waals surface area contributed by atoms with E-state index in [2.05, 4.69) is 5.32 Å². The Morgan fingerprint density at radius 1 is 1.32 bits per heavy atom. The van der Waals surface area contributed by atoms with Gasteiger partial charge in [0.2, 0.25) is 5.91 Å². The summed E-state index contributed by atoms with van der Waals surface area (Å²) in [5.41, 5.74) is 1.19. The predicted molar refractivity (Wildman–Crippen MR) is 87.1 cm³/mol. The highest BCUT2D eigenvalue weighted by Crippen LogP contribution is 2.27. The van der Waals surface area contributed by atoms with Crippen LogP contribution in [0.3, 0.4) is 0 Å². The van der Waals surface area contributed by atoms with E-state index in [1.54, 1.807) is 18.3 Å². The molecule has 0 aliphatic heterocycles. The van der Waals surface area contributed by atoms with Crippen LogP contribution < -0.4 is 5.32 Å². The highest BCUT2D eigenvalue weighted by atomic mass is 32.2. The van der Waals surface area contributed by atoms with Crippen molar-refractivity contribution < 1.29 is 18.3 Å². The number of phenolic OH excluding ortho intramolecular Hbond substituents is 1. The first-order valence-electron chi connectivity index (χ1n) is 6.79. The second-order valence-electron chi connectivity index (χ2n) is 4.76. The number of carbonyl (C=O) groups excluding carboxylic acids is 1. The number of thiophene rings is 1. The van der Waals surface area contributed by atoms with E-state index in [9.17, 15) is 18.3 Å². The molecule has 0 saturated carbocycles. The minimum Gasteiger partial charge on any atom is -0.506 e. The third-order valence-electron chi connectivity index (χ3n) is 3.20. The zero-order valence-corrected chi connectivity index (χ0v) is 13.7. The number of rotatable bonds is 6. The van der Waals surface area contributed by atoms with Crippen LogP contribution in [-0.2, 0) is 21.1 Å². The zero-order valence-electron chi connectivity index (χ0n) is 12.1. The molecule has 0 fully saturated rings. The molecule has 1 amide bonds. The number of anilines is 1. The number of aryl methyl sites for hydroxylation is 1. The van der Waals surface area contributed by atoms with Gasteiger partial charge in [-0.1, -0.05) is 6.92 Å². The average Bonchev–Trinajstić information content (AvgIpc) is 3.00. The summed E-state index contributed by atoms with van der Waals surface area (Å²) in [4.78, 5) is 12.0. The number of aromatic hydroxyl groups is 1. The van der Waals surface area contributed by atoms with Gasteiger partial charge < -0.3 is 10.4 Å². The smallest absolute Gasteiger partial charge is 0.224 e. The largest absolute Gasteiger partial charge is 0.506 e. The lowest BCUT2D eigenvalue weighted by atomic mass is 10.2. The van der Waals surface area contributed by atoms with Crippen LogP contribution >= 0.6 is 11.3 Å². The van der Waals surface area contributed by atoms with Crippen LogP contribution in [0.5, 0.6) is 5.75 Å². The van der Waals surface area contributed by atoms with Crippen molar-refractivity contribution >= 4 is 32.8 Å². The second kappa shape index (κ2) is 6.93. The molecule has 118 valence electrons. The van der Waals surface area contributed by atoms with Crippen LogP contribution in [0.1, 0.15) is 18.9 Å².